The fourth-order valence-electron chi connectivity index (χ4n) is 3.28. The molecule has 0 aliphatic heterocycles. The maximum Gasteiger partial charge on any atom is 0.408 e. The standard InChI is InChI=1S/C25H39N3O7/c1-8-9-14-28(23(32)20(16(2)3)27-24(33)35-25(4,5)6)21(17-10-12-18(29)13-11-17)22(31)26-15-19(30)34-7/h10-13,16,20-21,29H,8-9,14-15H2,1-7H3,(H,26,31)(H,27,33). The number of nitrogens with one attached hydrogen (secondary N) is 2. The van der Waals surface area contributed by atoms with Gasteiger partial charge in [0.1, 0.15) is 30.0 Å². The molecule has 0 aromatic heterocycles. The Morgan fingerprint density at radius 2 is 1.69 bits per heavy atom. The Bertz CT molecular complexity index is 863. The zero-order valence-electron chi connectivity index (χ0n) is 21.7. The zero-order chi connectivity index (χ0) is 26.8. The zero-order valence-corrected chi connectivity index (χ0v) is 21.7. The highest BCUT2D eigenvalue weighted by molar-refractivity contribution is 5.93. The number of methoxy groups -OCH3 is 1. The molecule has 10 heteroatoms. The number of ether oxygens (including phenoxy) is 2. The lowest BCUT2D eigenvalue weighted by Gasteiger charge is -2.35. The molecule has 2 atom stereocenters. The van der Waals surface area contributed by atoms with Gasteiger partial charge in [0.05, 0.1) is 7.11 Å². The van der Waals surface area contributed by atoms with Crippen molar-refractivity contribution < 1.29 is 33.8 Å². The summed E-state index contributed by atoms with van der Waals surface area (Å²) in [6.45, 7) is 10.5. The number of hydrogen-bond donors (Lipinski definition) is 3. The second-order valence-corrected chi connectivity index (χ2v) is 9.54. The monoisotopic (exact) mass is 493 g/mol. The fraction of sp³-hybridized carbons (Fsp3) is 0.600. The number of phenolic OH excluding ortho intramolecular Hbond substituents is 1. The third kappa shape index (κ3) is 9.84. The van der Waals surface area contributed by atoms with Crippen molar-refractivity contribution in [3.05, 3.63) is 29.8 Å². The van der Waals surface area contributed by atoms with E-state index >= 15 is 0 Å². The normalized spacial score (nSPS) is 12.9. The topological polar surface area (TPSA) is 134 Å². The molecule has 196 valence electrons. The maximum atomic E-state index is 13.8. The van der Waals surface area contributed by atoms with Crippen LogP contribution in [0, 0.1) is 5.92 Å². The molecule has 0 spiro atoms. The molecule has 0 aliphatic carbocycles. The molecule has 3 N–H and O–H groups in total. The molecule has 10 nitrogen and oxygen atoms in total. The van der Waals surface area contributed by atoms with Crippen molar-refractivity contribution in [3.8, 4) is 5.75 Å². The molecule has 1 aromatic rings. The minimum absolute atomic E-state index is 0.000512. The number of unbranched alkanes of at least 4 members (excludes halogenated alkanes) is 1. The number of esters is 1. The summed E-state index contributed by atoms with van der Waals surface area (Å²) in [7, 11) is 1.21. The van der Waals surface area contributed by atoms with E-state index in [1.54, 1.807) is 34.6 Å². The van der Waals surface area contributed by atoms with Crippen molar-refractivity contribution >= 4 is 23.9 Å². The number of rotatable bonds is 11. The quantitative estimate of drug-likeness (QED) is 0.404. The van der Waals surface area contributed by atoms with Gasteiger partial charge in [0, 0.05) is 6.54 Å². The van der Waals surface area contributed by atoms with E-state index in [1.807, 2.05) is 6.92 Å². The van der Waals surface area contributed by atoms with Gasteiger partial charge >= 0.3 is 12.1 Å². The molecule has 0 fully saturated rings. The van der Waals surface area contributed by atoms with Crippen LogP contribution >= 0.6 is 0 Å². The van der Waals surface area contributed by atoms with Crippen LogP contribution in [0.5, 0.6) is 5.75 Å². The van der Waals surface area contributed by atoms with Gasteiger partial charge in [-0.15, -0.1) is 0 Å². The summed E-state index contributed by atoms with van der Waals surface area (Å²) in [5.41, 5.74) is -0.312. The van der Waals surface area contributed by atoms with Crippen molar-refractivity contribution in [1.29, 1.82) is 0 Å². The Hall–Kier alpha value is -3.30. The minimum atomic E-state index is -1.11. The van der Waals surface area contributed by atoms with Crippen LogP contribution in [-0.4, -0.2) is 65.7 Å². The van der Waals surface area contributed by atoms with Gasteiger partial charge in [0.25, 0.3) is 0 Å². The van der Waals surface area contributed by atoms with Crippen LogP contribution in [0.2, 0.25) is 0 Å². The molecule has 0 aliphatic rings. The van der Waals surface area contributed by atoms with Crippen LogP contribution < -0.4 is 10.6 Å². The van der Waals surface area contributed by atoms with Gasteiger partial charge in [-0.3, -0.25) is 14.4 Å². The highest BCUT2D eigenvalue weighted by Crippen LogP contribution is 2.26. The number of aromatic hydroxyl groups is 1. The van der Waals surface area contributed by atoms with E-state index < -0.39 is 41.6 Å². The van der Waals surface area contributed by atoms with Crippen molar-refractivity contribution in [3.63, 3.8) is 0 Å². The number of phenols is 1. The van der Waals surface area contributed by atoms with Crippen molar-refractivity contribution in [2.75, 3.05) is 20.2 Å². The summed E-state index contributed by atoms with van der Waals surface area (Å²) in [5.74, 6) is -2.00. The van der Waals surface area contributed by atoms with Gasteiger partial charge in [-0.2, -0.15) is 0 Å². The van der Waals surface area contributed by atoms with Crippen LogP contribution in [0.25, 0.3) is 0 Å². The maximum absolute atomic E-state index is 13.8. The molecule has 1 aromatic carbocycles. The summed E-state index contributed by atoms with van der Waals surface area (Å²) in [4.78, 5) is 52.6. The van der Waals surface area contributed by atoms with Crippen molar-refractivity contribution in [1.82, 2.24) is 15.5 Å². The lowest BCUT2D eigenvalue weighted by atomic mass is 9.98. The number of benzene rings is 1. The number of alkyl carbamates (subject to hydrolysis) is 1. The molecule has 2 unspecified atom stereocenters. The third-order valence-corrected chi connectivity index (χ3v) is 5.04. The van der Waals surface area contributed by atoms with Gasteiger partial charge in [0.2, 0.25) is 11.8 Å². The van der Waals surface area contributed by atoms with Gasteiger partial charge in [-0.05, 0) is 50.8 Å². The van der Waals surface area contributed by atoms with Crippen LogP contribution in [0.15, 0.2) is 24.3 Å². The first-order chi connectivity index (χ1) is 16.3. The molecule has 0 radical (unpaired) electrons. The van der Waals surface area contributed by atoms with Crippen molar-refractivity contribution in [2.45, 2.75) is 72.1 Å². The number of amides is 3. The SMILES string of the molecule is CCCCN(C(=O)C(NC(=O)OC(C)(C)C)C(C)C)C(C(=O)NCC(=O)OC)c1ccc(O)cc1. The molecule has 3 amide bonds. The molecule has 35 heavy (non-hydrogen) atoms. The Morgan fingerprint density at radius 3 is 2.17 bits per heavy atom. The summed E-state index contributed by atoms with van der Waals surface area (Å²) < 4.78 is 9.93. The molecule has 1 rings (SSSR count). The summed E-state index contributed by atoms with van der Waals surface area (Å²) in [5, 5.41) is 14.9. The van der Waals surface area contributed by atoms with E-state index in [4.69, 9.17) is 4.74 Å². The van der Waals surface area contributed by atoms with E-state index in [-0.39, 0.29) is 24.8 Å². The number of nitrogens with zero attached hydrogens (tertiary/aromatic N) is 1. The Kier molecular flexibility index (Phi) is 11.5. The van der Waals surface area contributed by atoms with Crippen molar-refractivity contribution in [2.24, 2.45) is 5.92 Å². The Labute approximate surface area is 207 Å². The molecule has 0 saturated carbocycles. The third-order valence-electron chi connectivity index (χ3n) is 5.04. The second kappa shape index (κ2) is 13.6. The largest absolute Gasteiger partial charge is 0.508 e. The van der Waals surface area contributed by atoms with Gasteiger partial charge in [0.15, 0.2) is 0 Å². The summed E-state index contributed by atoms with van der Waals surface area (Å²) >= 11 is 0. The van der Waals surface area contributed by atoms with E-state index in [0.29, 0.717) is 12.0 Å². The van der Waals surface area contributed by atoms with Crippen LogP contribution in [0.4, 0.5) is 4.79 Å². The van der Waals surface area contributed by atoms with Crippen LogP contribution in [-0.2, 0) is 23.9 Å². The minimum Gasteiger partial charge on any atom is -0.508 e. The predicted molar refractivity (Wildman–Crippen MR) is 130 cm³/mol. The highest BCUT2D eigenvalue weighted by atomic mass is 16.6. The van der Waals surface area contributed by atoms with E-state index in [0.717, 1.165) is 6.42 Å². The van der Waals surface area contributed by atoms with E-state index in [2.05, 4.69) is 15.4 Å². The first-order valence-electron chi connectivity index (χ1n) is 11.7. The van der Waals surface area contributed by atoms with Crippen LogP contribution in [0.1, 0.15) is 66.0 Å². The predicted octanol–water partition coefficient (Wildman–Crippen LogP) is 2.90. The second-order valence-electron chi connectivity index (χ2n) is 9.54. The first-order valence-corrected chi connectivity index (χ1v) is 11.7. The molecule has 0 heterocycles. The Balaban J connectivity index is 3.40. The van der Waals surface area contributed by atoms with E-state index in [9.17, 15) is 24.3 Å². The number of carbonyl (C=O) groups excluding carboxylic acids is 4. The van der Waals surface area contributed by atoms with E-state index in [1.165, 1.54) is 36.3 Å². The number of carbonyl (C=O) groups is 4. The van der Waals surface area contributed by atoms with Gasteiger partial charge in [-0.1, -0.05) is 39.3 Å². The highest BCUT2D eigenvalue weighted by Gasteiger charge is 2.37. The molecular weight excluding hydrogens is 454 g/mol. The first kappa shape index (κ1) is 29.7. The Morgan fingerprint density at radius 1 is 1.09 bits per heavy atom. The number of hydrogen-bond acceptors (Lipinski definition) is 7. The smallest absolute Gasteiger partial charge is 0.408 e. The molecule has 0 saturated heterocycles. The summed E-state index contributed by atoms with van der Waals surface area (Å²) in [6.07, 6.45) is 0.611. The average Bonchev–Trinajstić information content (AvgIpc) is 2.77. The lowest BCUT2D eigenvalue weighted by Crippen LogP contribution is -2.55. The van der Waals surface area contributed by atoms with Crippen LogP contribution in [0.3, 0.4) is 0 Å². The molecular formula is C25H39N3O7. The summed E-state index contributed by atoms with van der Waals surface area (Å²) in [6, 6.07) is 3.83. The lowest BCUT2D eigenvalue weighted by molar-refractivity contribution is -0.145. The van der Waals surface area contributed by atoms with Gasteiger partial charge in [-0.25, -0.2) is 4.79 Å². The fourth-order valence-corrected chi connectivity index (χ4v) is 3.28. The molecule has 0 bridgehead atoms. The van der Waals surface area contributed by atoms with Gasteiger partial charge < -0.3 is 30.1 Å². The average molecular weight is 494 g/mol.